The molecule has 0 unspecified atom stereocenters. The summed E-state index contributed by atoms with van der Waals surface area (Å²) in [6, 6.07) is 9.54. The maximum absolute atomic E-state index is 12.5. The van der Waals surface area contributed by atoms with Crippen molar-refractivity contribution in [1.82, 2.24) is 9.80 Å². The second-order valence-electron chi connectivity index (χ2n) is 7.58. The van der Waals surface area contributed by atoms with E-state index >= 15 is 0 Å². The highest BCUT2D eigenvalue weighted by Crippen LogP contribution is 2.47. The summed E-state index contributed by atoms with van der Waals surface area (Å²) in [6.07, 6.45) is 1.23. The van der Waals surface area contributed by atoms with Crippen LogP contribution in [0.4, 0.5) is 5.69 Å². The number of rotatable bonds is 4. The van der Waals surface area contributed by atoms with Crippen LogP contribution in [0.1, 0.15) is 19.8 Å². The van der Waals surface area contributed by atoms with Crippen LogP contribution in [0.25, 0.3) is 0 Å². The lowest BCUT2D eigenvalue weighted by molar-refractivity contribution is -0.158. The number of hydrogen-bond acceptors (Lipinski definition) is 6. The van der Waals surface area contributed by atoms with E-state index in [9.17, 15) is 14.4 Å². The molecule has 28 heavy (non-hydrogen) atoms. The van der Waals surface area contributed by atoms with Crippen molar-refractivity contribution in [2.75, 3.05) is 43.4 Å². The zero-order valence-electron chi connectivity index (χ0n) is 16.0. The standard InChI is InChI=1S/C20H25N3O4S/c1-20-8-7-17(24)23(20)16(14-28-20)19(26)27-13-18(25)22-11-9-21(10-12-22)15-5-3-2-4-6-15/h2-6,16H,7-14H2,1H3/t16-,20-/m1/s1. The monoisotopic (exact) mass is 403 g/mol. The molecular weight excluding hydrogens is 378 g/mol. The van der Waals surface area contributed by atoms with Crippen molar-refractivity contribution in [3.05, 3.63) is 30.3 Å². The van der Waals surface area contributed by atoms with Gasteiger partial charge in [0.25, 0.3) is 5.91 Å². The van der Waals surface area contributed by atoms with Crippen LogP contribution in [0.15, 0.2) is 30.3 Å². The van der Waals surface area contributed by atoms with E-state index < -0.39 is 12.0 Å². The molecule has 3 aliphatic heterocycles. The Kier molecular flexibility index (Phi) is 5.23. The van der Waals surface area contributed by atoms with Crippen molar-refractivity contribution in [3.8, 4) is 0 Å². The van der Waals surface area contributed by atoms with Gasteiger partial charge >= 0.3 is 5.97 Å². The van der Waals surface area contributed by atoms with Gasteiger partial charge in [0.05, 0.1) is 4.87 Å². The summed E-state index contributed by atoms with van der Waals surface area (Å²) in [5, 5.41) is 0. The molecule has 150 valence electrons. The van der Waals surface area contributed by atoms with Gasteiger partial charge in [-0.25, -0.2) is 4.79 Å². The van der Waals surface area contributed by atoms with E-state index in [1.165, 1.54) is 0 Å². The summed E-state index contributed by atoms with van der Waals surface area (Å²) in [5.74, 6) is -0.117. The average molecular weight is 404 g/mol. The molecule has 1 aromatic carbocycles. The molecule has 7 nitrogen and oxygen atoms in total. The Hall–Kier alpha value is -2.22. The van der Waals surface area contributed by atoms with Crippen molar-refractivity contribution in [1.29, 1.82) is 0 Å². The molecule has 0 spiro atoms. The molecule has 3 saturated heterocycles. The highest BCUT2D eigenvalue weighted by Gasteiger charge is 2.53. The summed E-state index contributed by atoms with van der Waals surface area (Å²) in [5.41, 5.74) is 1.15. The number of carbonyl (C=O) groups is 3. The first-order valence-corrected chi connectivity index (χ1v) is 10.7. The highest BCUT2D eigenvalue weighted by molar-refractivity contribution is 8.01. The number of piperazine rings is 1. The zero-order valence-corrected chi connectivity index (χ0v) is 16.8. The summed E-state index contributed by atoms with van der Waals surface area (Å²) < 4.78 is 5.30. The Labute approximate surface area is 169 Å². The lowest BCUT2D eigenvalue weighted by atomic mass is 10.2. The second kappa shape index (κ2) is 7.66. The third-order valence-electron chi connectivity index (χ3n) is 5.81. The van der Waals surface area contributed by atoms with Gasteiger partial charge in [-0.1, -0.05) is 18.2 Å². The zero-order chi connectivity index (χ0) is 19.7. The van der Waals surface area contributed by atoms with Crippen molar-refractivity contribution in [2.45, 2.75) is 30.7 Å². The van der Waals surface area contributed by atoms with Crippen LogP contribution in [0.2, 0.25) is 0 Å². The maximum atomic E-state index is 12.5. The SMILES string of the molecule is C[C@@]12CCC(=O)N1[C@@H](C(=O)OCC(=O)N1CCN(c3ccccc3)CC1)CS2. The van der Waals surface area contributed by atoms with E-state index in [1.807, 2.05) is 25.1 Å². The molecule has 2 amide bonds. The lowest BCUT2D eigenvalue weighted by Crippen LogP contribution is -2.50. The van der Waals surface area contributed by atoms with Gasteiger partial charge in [-0.2, -0.15) is 0 Å². The van der Waals surface area contributed by atoms with Gasteiger partial charge in [0.2, 0.25) is 5.91 Å². The Morgan fingerprint density at radius 2 is 1.89 bits per heavy atom. The van der Waals surface area contributed by atoms with Crippen LogP contribution < -0.4 is 4.90 Å². The minimum absolute atomic E-state index is 0.00203. The summed E-state index contributed by atoms with van der Waals surface area (Å²) >= 11 is 1.62. The fourth-order valence-electron chi connectivity index (χ4n) is 4.17. The largest absolute Gasteiger partial charge is 0.454 e. The number of benzene rings is 1. The number of esters is 1. The van der Waals surface area contributed by atoms with Crippen LogP contribution in [0, 0.1) is 0 Å². The van der Waals surface area contributed by atoms with Gasteiger partial charge in [-0.15, -0.1) is 11.8 Å². The van der Waals surface area contributed by atoms with E-state index in [0.29, 0.717) is 25.3 Å². The van der Waals surface area contributed by atoms with Crippen LogP contribution >= 0.6 is 11.8 Å². The quantitative estimate of drug-likeness (QED) is 0.707. The third-order valence-corrected chi connectivity index (χ3v) is 7.31. The number of ether oxygens (including phenoxy) is 1. The minimum Gasteiger partial charge on any atom is -0.454 e. The molecule has 0 N–H and O–H groups in total. The first-order chi connectivity index (χ1) is 13.5. The molecule has 8 heteroatoms. The number of thioether (sulfide) groups is 1. The van der Waals surface area contributed by atoms with E-state index in [0.717, 1.165) is 25.2 Å². The molecule has 3 heterocycles. The van der Waals surface area contributed by atoms with Gasteiger partial charge in [0.1, 0.15) is 6.04 Å². The van der Waals surface area contributed by atoms with Crippen LogP contribution in [-0.4, -0.2) is 77.0 Å². The second-order valence-corrected chi connectivity index (χ2v) is 9.08. The average Bonchev–Trinajstić information content (AvgIpc) is 3.22. The molecule has 1 aromatic rings. The van der Waals surface area contributed by atoms with Gasteiger partial charge in [0.15, 0.2) is 6.61 Å². The predicted molar refractivity (Wildman–Crippen MR) is 107 cm³/mol. The van der Waals surface area contributed by atoms with E-state index in [2.05, 4.69) is 17.0 Å². The normalized spacial score (nSPS) is 27.1. The number of amides is 2. The molecule has 3 fully saturated rings. The van der Waals surface area contributed by atoms with Crippen LogP contribution in [-0.2, 0) is 19.1 Å². The summed E-state index contributed by atoms with van der Waals surface area (Å²) in [6.45, 7) is 4.45. The molecule has 0 saturated carbocycles. The lowest BCUT2D eigenvalue weighted by Gasteiger charge is -2.36. The van der Waals surface area contributed by atoms with Gasteiger partial charge in [-0.05, 0) is 25.5 Å². The molecular formula is C20H25N3O4S. The van der Waals surface area contributed by atoms with Crippen molar-refractivity contribution in [2.24, 2.45) is 0 Å². The van der Waals surface area contributed by atoms with E-state index in [1.54, 1.807) is 21.6 Å². The minimum atomic E-state index is -0.576. The highest BCUT2D eigenvalue weighted by atomic mass is 32.2. The smallest absolute Gasteiger partial charge is 0.330 e. The number of anilines is 1. The first-order valence-electron chi connectivity index (χ1n) is 9.68. The first kappa shape index (κ1) is 19.1. The summed E-state index contributed by atoms with van der Waals surface area (Å²) in [7, 11) is 0. The fourth-order valence-corrected chi connectivity index (χ4v) is 5.59. The Morgan fingerprint density at radius 1 is 1.18 bits per heavy atom. The Bertz CT molecular complexity index is 766. The van der Waals surface area contributed by atoms with Crippen molar-refractivity contribution >= 4 is 35.2 Å². The molecule has 4 rings (SSSR count). The number of carbonyl (C=O) groups excluding carboxylic acids is 3. The number of nitrogens with zero attached hydrogens (tertiary/aromatic N) is 3. The van der Waals surface area contributed by atoms with Crippen molar-refractivity contribution in [3.63, 3.8) is 0 Å². The number of para-hydroxylation sites is 1. The van der Waals surface area contributed by atoms with E-state index in [-0.39, 0.29) is 23.3 Å². The van der Waals surface area contributed by atoms with Crippen molar-refractivity contribution < 1.29 is 19.1 Å². The maximum Gasteiger partial charge on any atom is 0.330 e. The number of hydrogen-bond donors (Lipinski definition) is 0. The van der Waals surface area contributed by atoms with Crippen LogP contribution in [0.5, 0.6) is 0 Å². The Balaban J connectivity index is 1.26. The fraction of sp³-hybridized carbons (Fsp3) is 0.550. The predicted octanol–water partition coefficient (Wildman–Crippen LogP) is 1.33. The van der Waals surface area contributed by atoms with Gasteiger partial charge in [0, 0.05) is 44.0 Å². The summed E-state index contributed by atoms with van der Waals surface area (Å²) in [4.78, 5) is 42.4. The third kappa shape index (κ3) is 3.57. The molecule has 0 bridgehead atoms. The molecule has 0 radical (unpaired) electrons. The molecule has 2 atom stereocenters. The van der Waals surface area contributed by atoms with Gasteiger partial charge < -0.3 is 19.4 Å². The molecule has 0 aromatic heterocycles. The molecule has 3 aliphatic rings. The Morgan fingerprint density at radius 3 is 2.61 bits per heavy atom. The van der Waals surface area contributed by atoms with Gasteiger partial charge in [-0.3, -0.25) is 9.59 Å². The van der Waals surface area contributed by atoms with E-state index in [4.69, 9.17) is 4.74 Å². The van der Waals surface area contributed by atoms with Crippen LogP contribution in [0.3, 0.4) is 0 Å². The molecule has 0 aliphatic carbocycles. The topological polar surface area (TPSA) is 70.2 Å². The number of fused-ring (bicyclic) bond motifs is 1.